The third-order valence-corrected chi connectivity index (χ3v) is 2.04. The standard InChI is InChI=1S/C8H16ClNO3/c1-5(2)7(8(12)13)10-4-6(11)3-9/h5-7,10-11H,3-4H2,1-2H3,(H,12,13)/t6?,7-/m0/s1. The first-order valence-electron chi connectivity index (χ1n) is 4.19. The van der Waals surface area contributed by atoms with Gasteiger partial charge in [-0.2, -0.15) is 0 Å². The van der Waals surface area contributed by atoms with E-state index in [1.54, 1.807) is 13.8 Å². The summed E-state index contributed by atoms with van der Waals surface area (Å²) >= 11 is 5.36. The largest absolute Gasteiger partial charge is 0.480 e. The molecule has 13 heavy (non-hydrogen) atoms. The molecule has 0 bridgehead atoms. The summed E-state index contributed by atoms with van der Waals surface area (Å²) in [6, 6.07) is -0.627. The van der Waals surface area contributed by atoms with Gasteiger partial charge in [0, 0.05) is 12.4 Å². The van der Waals surface area contributed by atoms with E-state index in [1.165, 1.54) is 0 Å². The number of rotatable bonds is 6. The predicted octanol–water partition coefficient (Wildman–Crippen LogP) is 0.285. The lowest BCUT2D eigenvalue weighted by Crippen LogP contribution is -2.44. The minimum atomic E-state index is -0.906. The van der Waals surface area contributed by atoms with Crippen LogP contribution in [0.3, 0.4) is 0 Å². The van der Waals surface area contributed by atoms with Gasteiger partial charge in [0.2, 0.25) is 0 Å². The van der Waals surface area contributed by atoms with Gasteiger partial charge >= 0.3 is 5.97 Å². The predicted molar refractivity (Wildman–Crippen MR) is 51.0 cm³/mol. The molecule has 3 N–H and O–H groups in total. The second-order valence-electron chi connectivity index (χ2n) is 3.28. The molecule has 0 saturated heterocycles. The van der Waals surface area contributed by atoms with E-state index in [2.05, 4.69) is 5.32 Å². The number of aliphatic hydroxyl groups excluding tert-OH is 1. The Morgan fingerprint density at radius 3 is 2.38 bits per heavy atom. The molecule has 4 nitrogen and oxygen atoms in total. The summed E-state index contributed by atoms with van der Waals surface area (Å²) in [5.41, 5.74) is 0. The van der Waals surface area contributed by atoms with Crippen molar-refractivity contribution in [2.24, 2.45) is 5.92 Å². The van der Waals surface area contributed by atoms with Gasteiger partial charge in [-0.05, 0) is 5.92 Å². The van der Waals surface area contributed by atoms with Gasteiger partial charge in [0.25, 0.3) is 0 Å². The molecule has 0 spiro atoms. The smallest absolute Gasteiger partial charge is 0.320 e. The summed E-state index contributed by atoms with van der Waals surface area (Å²) in [4.78, 5) is 10.7. The lowest BCUT2D eigenvalue weighted by Gasteiger charge is -2.19. The molecule has 0 aliphatic rings. The van der Waals surface area contributed by atoms with Crippen LogP contribution in [0.5, 0.6) is 0 Å². The highest BCUT2D eigenvalue weighted by Gasteiger charge is 2.21. The van der Waals surface area contributed by atoms with Crippen molar-refractivity contribution >= 4 is 17.6 Å². The Morgan fingerprint density at radius 2 is 2.08 bits per heavy atom. The Hall–Kier alpha value is -0.320. The van der Waals surface area contributed by atoms with Gasteiger partial charge in [-0.1, -0.05) is 13.8 Å². The molecule has 0 heterocycles. The number of carboxylic acids is 1. The van der Waals surface area contributed by atoms with Crippen LogP contribution in [0.25, 0.3) is 0 Å². The highest BCUT2D eigenvalue weighted by Crippen LogP contribution is 2.01. The molecule has 0 saturated carbocycles. The van der Waals surface area contributed by atoms with E-state index in [4.69, 9.17) is 21.8 Å². The second kappa shape index (κ2) is 6.18. The average Bonchev–Trinajstić information content (AvgIpc) is 2.03. The molecular weight excluding hydrogens is 194 g/mol. The molecule has 5 heteroatoms. The van der Waals surface area contributed by atoms with Crippen LogP contribution in [-0.2, 0) is 4.79 Å². The number of aliphatic carboxylic acids is 1. The van der Waals surface area contributed by atoms with Gasteiger partial charge in [0.15, 0.2) is 0 Å². The van der Waals surface area contributed by atoms with Gasteiger partial charge < -0.3 is 15.5 Å². The van der Waals surface area contributed by atoms with E-state index in [0.29, 0.717) is 0 Å². The van der Waals surface area contributed by atoms with Gasteiger partial charge in [0.05, 0.1) is 6.10 Å². The molecule has 0 aromatic carbocycles. The minimum Gasteiger partial charge on any atom is -0.480 e. The Labute approximate surface area is 82.9 Å². The number of halogens is 1. The summed E-state index contributed by atoms with van der Waals surface area (Å²) in [6.45, 7) is 3.82. The molecule has 0 aromatic rings. The van der Waals surface area contributed by atoms with Crippen molar-refractivity contribution in [1.82, 2.24) is 5.32 Å². The highest BCUT2D eigenvalue weighted by atomic mass is 35.5. The monoisotopic (exact) mass is 209 g/mol. The van der Waals surface area contributed by atoms with Crippen molar-refractivity contribution in [3.05, 3.63) is 0 Å². The fourth-order valence-electron chi connectivity index (χ4n) is 0.926. The van der Waals surface area contributed by atoms with Crippen molar-refractivity contribution in [3.8, 4) is 0 Å². The van der Waals surface area contributed by atoms with Crippen LogP contribution in [0.2, 0.25) is 0 Å². The summed E-state index contributed by atoms with van der Waals surface area (Å²) in [5.74, 6) is -0.811. The van der Waals surface area contributed by atoms with Crippen molar-refractivity contribution in [2.45, 2.75) is 26.0 Å². The lowest BCUT2D eigenvalue weighted by atomic mass is 10.0. The van der Waals surface area contributed by atoms with Gasteiger partial charge in [0.1, 0.15) is 6.04 Å². The zero-order valence-electron chi connectivity index (χ0n) is 7.83. The molecule has 0 aliphatic carbocycles. The normalized spacial score (nSPS) is 15.8. The molecule has 0 radical (unpaired) electrons. The zero-order valence-corrected chi connectivity index (χ0v) is 8.58. The summed E-state index contributed by atoms with van der Waals surface area (Å²) in [5, 5.41) is 20.6. The number of hydrogen-bond acceptors (Lipinski definition) is 3. The Kier molecular flexibility index (Phi) is 6.03. The fraction of sp³-hybridized carbons (Fsp3) is 0.875. The van der Waals surface area contributed by atoms with Crippen LogP contribution in [0.4, 0.5) is 0 Å². The van der Waals surface area contributed by atoms with Crippen LogP contribution in [0.1, 0.15) is 13.8 Å². The number of nitrogens with one attached hydrogen (secondary N) is 1. The molecule has 0 fully saturated rings. The Morgan fingerprint density at radius 1 is 1.54 bits per heavy atom. The molecule has 2 atom stereocenters. The lowest BCUT2D eigenvalue weighted by molar-refractivity contribution is -0.140. The van der Waals surface area contributed by atoms with E-state index < -0.39 is 18.1 Å². The maximum Gasteiger partial charge on any atom is 0.320 e. The van der Waals surface area contributed by atoms with Crippen molar-refractivity contribution in [3.63, 3.8) is 0 Å². The molecule has 0 aliphatic heterocycles. The number of carbonyl (C=O) groups is 1. The third kappa shape index (κ3) is 5.08. The van der Waals surface area contributed by atoms with Crippen LogP contribution in [-0.4, -0.2) is 40.8 Å². The van der Waals surface area contributed by atoms with Crippen molar-refractivity contribution < 1.29 is 15.0 Å². The highest BCUT2D eigenvalue weighted by molar-refractivity contribution is 6.18. The van der Waals surface area contributed by atoms with E-state index in [0.717, 1.165) is 0 Å². The Balaban J connectivity index is 3.90. The summed E-state index contributed by atoms with van der Waals surface area (Å²) in [7, 11) is 0. The SMILES string of the molecule is CC(C)[C@H](NCC(O)CCl)C(=O)O. The molecule has 0 rings (SSSR count). The first-order valence-corrected chi connectivity index (χ1v) is 4.72. The van der Waals surface area contributed by atoms with E-state index in [9.17, 15) is 4.79 Å². The molecule has 1 unspecified atom stereocenters. The summed E-state index contributed by atoms with van der Waals surface area (Å²) < 4.78 is 0. The number of alkyl halides is 1. The minimum absolute atomic E-state index is 0.0139. The van der Waals surface area contributed by atoms with Crippen LogP contribution >= 0.6 is 11.6 Å². The van der Waals surface area contributed by atoms with Crippen LogP contribution < -0.4 is 5.32 Å². The van der Waals surface area contributed by atoms with Crippen LogP contribution in [0, 0.1) is 5.92 Å². The van der Waals surface area contributed by atoms with E-state index in [-0.39, 0.29) is 18.3 Å². The fourth-order valence-corrected chi connectivity index (χ4v) is 1.03. The number of hydrogen-bond donors (Lipinski definition) is 3. The average molecular weight is 210 g/mol. The maximum atomic E-state index is 10.7. The zero-order chi connectivity index (χ0) is 10.4. The second-order valence-corrected chi connectivity index (χ2v) is 3.58. The van der Waals surface area contributed by atoms with Crippen molar-refractivity contribution in [1.29, 1.82) is 0 Å². The topological polar surface area (TPSA) is 69.6 Å². The molecular formula is C8H16ClNO3. The quantitative estimate of drug-likeness (QED) is 0.550. The summed E-state index contributed by atoms with van der Waals surface area (Å²) in [6.07, 6.45) is -0.692. The van der Waals surface area contributed by atoms with Crippen LogP contribution in [0.15, 0.2) is 0 Å². The van der Waals surface area contributed by atoms with E-state index in [1.807, 2.05) is 0 Å². The molecule has 0 aromatic heterocycles. The third-order valence-electron chi connectivity index (χ3n) is 1.68. The van der Waals surface area contributed by atoms with Gasteiger partial charge in [-0.3, -0.25) is 4.79 Å². The molecule has 78 valence electrons. The number of carboxylic acid groups (broad SMARTS) is 1. The van der Waals surface area contributed by atoms with E-state index >= 15 is 0 Å². The first kappa shape index (κ1) is 12.7. The Bertz CT molecular complexity index is 163. The maximum absolute atomic E-state index is 10.7. The van der Waals surface area contributed by atoms with Gasteiger partial charge in [-0.25, -0.2) is 0 Å². The number of aliphatic hydroxyl groups is 1. The molecule has 0 amide bonds. The van der Waals surface area contributed by atoms with Gasteiger partial charge in [-0.15, -0.1) is 11.6 Å². The first-order chi connectivity index (χ1) is 5.99. The van der Waals surface area contributed by atoms with Crippen molar-refractivity contribution in [2.75, 3.05) is 12.4 Å².